The van der Waals surface area contributed by atoms with Crippen molar-refractivity contribution < 1.29 is 0 Å². The van der Waals surface area contributed by atoms with Crippen LogP contribution in [0.4, 0.5) is 0 Å². The van der Waals surface area contributed by atoms with Gasteiger partial charge in [-0.2, -0.15) is 0 Å². The highest BCUT2D eigenvalue weighted by atomic mass is 35.5. The summed E-state index contributed by atoms with van der Waals surface area (Å²) in [6.07, 6.45) is 0. The minimum absolute atomic E-state index is 0.0972. The van der Waals surface area contributed by atoms with Gasteiger partial charge >= 0.3 is 0 Å². The van der Waals surface area contributed by atoms with Crippen LogP contribution >= 0.6 is 11.6 Å². The van der Waals surface area contributed by atoms with Gasteiger partial charge in [-0.15, -0.1) is 11.6 Å². The fourth-order valence-electron chi connectivity index (χ4n) is 0.439. The number of alkyl halides is 1. The molecule has 0 aromatic heterocycles. The minimum atomic E-state index is -0.0972. The molecule has 0 rings (SSSR count). The Balaban J connectivity index is 2.99. The summed E-state index contributed by atoms with van der Waals surface area (Å²) in [5.41, 5.74) is 0.928. The first-order valence-corrected chi connectivity index (χ1v) is 5.40. The highest BCUT2D eigenvalue weighted by molar-refractivity contribution is 6.67. The first-order chi connectivity index (χ1) is 3.35. The number of rotatable bonds is 3. The molecule has 0 atom stereocenters. The highest BCUT2D eigenvalue weighted by Gasteiger charge is 2.00. The quantitative estimate of drug-likeness (QED) is 0.412. The summed E-state index contributed by atoms with van der Waals surface area (Å²) in [6.45, 7) is 4.44. The van der Waals surface area contributed by atoms with Crippen molar-refractivity contribution in [2.75, 3.05) is 5.50 Å². The average Bonchev–Trinajstić information content (AvgIpc) is 1.72. The minimum Gasteiger partial charge on any atom is -0.130 e. The van der Waals surface area contributed by atoms with Crippen molar-refractivity contribution in [1.29, 1.82) is 0 Å². The van der Waals surface area contributed by atoms with E-state index in [2.05, 4.69) is 13.8 Å². The van der Waals surface area contributed by atoms with Crippen LogP contribution in [0.3, 0.4) is 0 Å². The lowest BCUT2D eigenvalue weighted by atomic mass is 10.9. The largest absolute Gasteiger partial charge is 0.130 e. The zero-order chi connectivity index (χ0) is 5.70. The van der Waals surface area contributed by atoms with Crippen LogP contribution in [0.25, 0.3) is 0 Å². The van der Waals surface area contributed by atoms with E-state index in [9.17, 15) is 0 Å². The molecule has 0 aliphatic rings. The lowest BCUT2D eigenvalue weighted by molar-refractivity contribution is 1.31. The van der Waals surface area contributed by atoms with E-state index in [0.717, 1.165) is 5.50 Å². The highest BCUT2D eigenvalue weighted by Crippen LogP contribution is 1.98. The van der Waals surface area contributed by atoms with Crippen molar-refractivity contribution in [3.05, 3.63) is 0 Å². The van der Waals surface area contributed by atoms with Gasteiger partial charge in [0.05, 0.1) is 8.80 Å². The molecule has 1 radical (unpaired) electrons. The maximum absolute atomic E-state index is 5.61. The molecule has 0 unspecified atom stereocenters. The van der Waals surface area contributed by atoms with Gasteiger partial charge in [0.1, 0.15) is 0 Å². The van der Waals surface area contributed by atoms with Gasteiger partial charge in [-0.05, 0) is 0 Å². The smallest absolute Gasteiger partial charge is 0.0653 e. The SMILES string of the molecule is CC[Si](CC)CCl. The van der Waals surface area contributed by atoms with Gasteiger partial charge in [-0.1, -0.05) is 25.9 Å². The van der Waals surface area contributed by atoms with Gasteiger partial charge in [0.25, 0.3) is 0 Å². The van der Waals surface area contributed by atoms with Crippen LogP contribution in [-0.4, -0.2) is 14.3 Å². The number of halogens is 1. The maximum Gasteiger partial charge on any atom is 0.0653 e. The maximum atomic E-state index is 5.61. The number of hydrogen-bond acceptors (Lipinski definition) is 0. The number of hydrogen-bond donors (Lipinski definition) is 0. The second kappa shape index (κ2) is 4.66. The summed E-state index contributed by atoms with van der Waals surface area (Å²) in [6, 6.07) is 2.65. The monoisotopic (exact) mass is 135 g/mol. The van der Waals surface area contributed by atoms with Crippen molar-refractivity contribution >= 4 is 20.4 Å². The van der Waals surface area contributed by atoms with Gasteiger partial charge in [0.2, 0.25) is 0 Å². The summed E-state index contributed by atoms with van der Waals surface area (Å²) >= 11 is 5.61. The lowest BCUT2D eigenvalue weighted by Gasteiger charge is -2.01. The summed E-state index contributed by atoms with van der Waals surface area (Å²) in [4.78, 5) is 0. The van der Waals surface area contributed by atoms with Crippen molar-refractivity contribution in [1.82, 2.24) is 0 Å². The van der Waals surface area contributed by atoms with E-state index >= 15 is 0 Å². The summed E-state index contributed by atoms with van der Waals surface area (Å²) in [7, 11) is -0.0972. The van der Waals surface area contributed by atoms with Crippen LogP contribution in [0.5, 0.6) is 0 Å². The van der Waals surface area contributed by atoms with E-state index in [1.165, 1.54) is 12.1 Å². The molecular weight excluding hydrogens is 124 g/mol. The van der Waals surface area contributed by atoms with Gasteiger partial charge in [0.15, 0.2) is 0 Å². The molecule has 43 valence electrons. The Bertz CT molecular complexity index is 29.6. The zero-order valence-corrected chi connectivity index (χ0v) is 6.76. The molecule has 0 aliphatic carbocycles. The van der Waals surface area contributed by atoms with Gasteiger partial charge in [0, 0.05) is 5.50 Å². The Morgan fingerprint density at radius 1 is 1.29 bits per heavy atom. The van der Waals surface area contributed by atoms with E-state index in [4.69, 9.17) is 11.6 Å². The average molecular weight is 136 g/mol. The van der Waals surface area contributed by atoms with E-state index in [1.54, 1.807) is 0 Å². The van der Waals surface area contributed by atoms with Crippen LogP contribution in [0, 0.1) is 0 Å². The van der Waals surface area contributed by atoms with E-state index in [-0.39, 0.29) is 8.80 Å². The molecule has 0 nitrogen and oxygen atoms in total. The Hall–Kier alpha value is 0.507. The van der Waals surface area contributed by atoms with Crippen molar-refractivity contribution in [2.24, 2.45) is 0 Å². The fourth-order valence-corrected chi connectivity index (χ4v) is 2.45. The van der Waals surface area contributed by atoms with Gasteiger partial charge in [-0.25, -0.2) is 0 Å². The first-order valence-electron chi connectivity index (χ1n) is 2.74. The van der Waals surface area contributed by atoms with Gasteiger partial charge in [-0.3, -0.25) is 0 Å². The third-order valence-corrected chi connectivity index (χ3v) is 4.70. The Kier molecular flexibility index (Phi) is 5.00. The van der Waals surface area contributed by atoms with Crippen LogP contribution < -0.4 is 0 Å². The molecule has 0 amide bonds. The fraction of sp³-hybridized carbons (Fsp3) is 1.00. The molecule has 0 N–H and O–H groups in total. The molecule has 0 fully saturated rings. The summed E-state index contributed by atoms with van der Waals surface area (Å²) in [5.74, 6) is 0. The van der Waals surface area contributed by atoms with Gasteiger partial charge < -0.3 is 0 Å². The third kappa shape index (κ3) is 3.12. The third-order valence-electron chi connectivity index (χ3n) is 1.19. The molecule has 0 saturated heterocycles. The molecule has 7 heavy (non-hydrogen) atoms. The van der Waals surface area contributed by atoms with Crippen molar-refractivity contribution in [2.45, 2.75) is 25.9 Å². The molecule has 0 bridgehead atoms. The molecule has 0 saturated carbocycles. The van der Waals surface area contributed by atoms with Crippen LogP contribution in [-0.2, 0) is 0 Å². The molecule has 2 heteroatoms. The standard InChI is InChI=1S/C5H12ClSi/c1-3-7(4-2)5-6/h3-5H2,1-2H3. The van der Waals surface area contributed by atoms with Crippen LogP contribution in [0.15, 0.2) is 0 Å². The molecule has 0 aromatic rings. The molecule has 0 aromatic carbocycles. The second-order valence-electron chi connectivity index (χ2n) is 1.59. The van der Waals surface area contributed by atoms with Crippen molar-refractivity contribution in [3.63, 3.8) is 0 Å². The van der Waals surface area contributed by atoms with Crippen LogP contribution in [0.1, 0.15) is 13.8 Å². The topological polar surface area (TPSA) is 0 Å². The Labute approximate surface area is 52.5 Å². The Morgan fingerprint density at radius 3 is 1.71 bits per heavy atom. The molecule has 0 heterocycles. The summed E-state index contributed by atoms with van der Waals surface area (Å²) in [5, 5.41) is 0. The predicted octanol–water partition coefficient (Wildman–Crippen LogP) is 2.30. The molecule has 0 spiro atoms. The van der Waals surface area contributed by atoms with E-state index in [0.29, 0.717) is 0 Å². The molecule has 0 aliphatic heterocycles. The zero-order valence-electron chi connectivity index (χ0n) is 5.00. The van der Waals surface area contributed by atoms with E-state index < -0.39 is 0 Å². The lowest BCUT2D eigenvalue weighted by Crippen LogP contribution is -2.10. The molecular formula is C5H12ClSi. The normalized spacial score (nSPS) is 10.3. The van der Waals surface area contributed by atoms with Crippen molar-refractivity contribution in [3.8, 4) is 0 Å². The Morgan fingerprint density at radius 2 is 1.71 bits per heavy atom. The van der Waals surface area contributed by atoms with Crippen LogP contribution in [0.2, 0.25) is 12.1 Å². The first kappa shape index (κ1) is 7.51. The summed E-state index contributed by atoms with van der Waals surface area (Å²) < 4.78 is 0. The van der Waals surface area contributed by atoms with E-state index in [1.807, 2.05) is 0 Å². The second-order valence-corrected chi connectivity index (χ2v) is 5.57. The predicted molar refractivity (Wildman–Crippen MR) is 37.4 cm³/mol.